The van der Waals surface area contributed by atoms with Crippen LogP contribution >= 0.6 is 0 Å². The number of hydrogen-bond acceptors (Lipinski definition) is 5. The Labute approximate surface area is 175 Å². The summed E-state index contributed by atoms with van der Waals surface area (Å²) in [6, 6.07) is 17.0. The maximum Gasteiger partial charge on any atom is 0.253 e. The first kappa shape index (κ1) is 18.9. The number of aromatic nitrogens is 2. The third-order valence-corrected chi connectivity index (χ3v) is 5.78. The zero-order valence-electron chi connectivity index (χ0n) is 16.9. The van der Waals surface area contributed by atoms with E-state index >= 15 is 0 Å². The van der Waals surface area contributed by atoms with Gasteiger partial charge in [-0.25, -0.2) is 0 Å². The summed E-state index contributed by atoms with van der Waals surface area (Å²) >= 11 is 0. The lowest BCUT2D eigenvalue weighted by Crippen LogP contribution is -2.40. The lowest BCUT2D eigenvalue weighted by molar-refractivity contribution is 0.0668. The molecule has 1 atom stereocenters. The van der Waals surface area contributed by atoms with Crippen molar-refractivity contribution in [2.45, 2.75) is 38.0 Å². The van der Waals surface area contributed by atoms with Gasteiger partial charge in [0.1, 0.15) is 11.5 Å². The summed E-state index contributed by atoms with van der Waals surface area (Å²) < 4.78 is 11.2. The van der Waals surface area contributed by atoms with Gasteiger partial charge in [0.15, 0.2) is 5.82 Å². The fraction of sp³-hybridized carbons (Fsp3) is 0.375. The molecule has 1 aliphatic carbocycles. The van der Waals surface area contributed by atoms with Gasteiger partial charge in [-0.2, -0.15) is 4.98 Å². The minimum absolute atomic E-state index is 0.0650. The molecule has 0 N–H and O–H groups in total. The van der Waals surface area contributed by atoms with Crippen LogP contribution in [0.3, 0.4) is 0 Å². The average molecular weight is 403 g/mol. The number of ether oxygens (including phenoxy) is 1. The highest BCUT2D eigenvalue weighted by Crippen LogP contribution is 2.38. The van der Waals surface area contributed by atoms with E-state index in [0.717, 1.165) is 49.7 Å². The molecular weight excluding hydrogens is 378 g/mol. The van der Waals surface area contributed by atoms with Gasteiger partial charge in [0, 0.05) is 31.0 Å². The topological polar surface area (TPSA) is 68.5 Å². The minimum Gasteiger partial charge on any atom is -0.457 e. The molecule has 30 heavy (non-hydrogen) atoms. The van der Waals surface area contributed by atoms with Gasteiger partial charge in [-0.05, 0) is 68.0 Å². The van der Waals surface area contributed by atoms with Gasteiger partial charge >= 0.3 is 0 Å². The average Bonchev–Trinajstić information content (AvgIpc) is 3.54. The Bertz CT molecular complexity index is 996. The fourth-order valence-electron chi connectivity index (χ4n) is 3.99. The minimum atomic E-state index is 0.0650. The Morgan fingerprint density at radius 3 is 2.57 bits per heavy atom. The number of benzene rings is 2. The van der Waals surface area contributed by atoms with Crippen LogP contribution in [0.15, 0.2) is 59.1 Å². The molecule has 1 amide bonds. The van der Waals surface area contributed by atoms with Crippen molar-refractivity contribution in [2.24, 2.45) is 5.92 Å². The number of piperidine rings is 1. The van der Waals surface area contributed by atoms with Crippen molar-refractivity contribution in [3.05, 3.63) is 71.9 Å². The van der Waals surface area contributed by atoms with Crippen LogP contribution in [0.5, 0.6) is 11.5 Å². The predicted octanol–water partition coefficient (Wildman–Crippen LogP) is 4.83. The van der Waals surface area contributed by atoms with E-state index in [1.54, 1.807) is 0 Å². The quantitative estimate of drug-likeness (QED) is 0.589. The second kappa shape index (κ2) is 8.30. The van der Waals surface area contributed by atoms with Crippen LogP contribution in [0.1, 0.15) is 53.7 Å². The zero-order valence-corrected chi connectivity index (χ0v) is 16.9. The van der Waals surface area contributed by atoms with Crippen molar-refractivity contribution in [1.82, 2.24) is 15.0 Å². The van der Waals surface area contributed by atoms with Crippen LogP contribution in [0.25, 0.3) is 0 Å². The summed E-state index contributed by atoms with van der Waals surface area (Å²) in [5.74, 6) is 3.98. The Morgan fingerprint density at radius 2 is 1.80 bits per heavy atom. The Balaban J connectivity index is 1.19. The van der Waals surface area contributed by atoms with Gasteiger partial charge in [-0.1, -0.05) is 23.4 Å². The summed E-state index contributed by atoms with van der Waals surface area (Å²) in [5.41, 5.74) is 0.685. The van der Waals surface area contributed by atoms with Gasteiger partial charge in [-0.15, -0.1) is 0 Å². The normalized spacial score (nSPS) is 18.9. The molecule has 154 valence electrons. The van der Waals surface area contributed by atoms with Crippen molar-refractivity contribution in [2.75, 3.05) is 13.1 Å². The maximum atomic E-state index is 13.0. The van der Waals surface area contributed by atoms with Crippen LogP contribution in [0.4, 0.5) is 0 Å². The van der Waals surface area contributed by atoms with Gasteiger partial charge in [0.05, 0.1) is 0 Å². The molecule has 0 radical (unpaired) electrons. The molecule has 1 aromatic heterocycles. The number of likely N-dealkylation sites (tertiary alicyclic amines) is 1. The Kier molecular flexibility index (Phi) is 5.22. The van der Waals surface area contributed by atoms with Crippen LogP contribution in [-0.2, 0) is 6.42 Å². The van der Waals surface area contributed by atoms with E-state index in [1.807, 2.05) is 59.5 Å². The Morgan fingerprint density at radius 1 is 1.03 bits per heavy atom. The van der Waals surface area contributed by atoms with E-state index < -0.39 is 0 Å². The monoisotopic (exact) mass is 403 g/mol. The number of hydrogen-bond donors (Lipinski definition) is 0. The summed E-state index contributed by atoms with van der Waals surface area (Å²) in [4.78, 5) is 19.5. The molecule has 1 saturated carbocycles. The highest BCUT2D eigenvalue weighted by atomic mass is 16.5. The van der Waals surface area contributed by atoms with Crippen LogP contribution in [0.2, 0.25) is 0 Å². The predicted molar refractivity (Wildman–Crippen MR) is 112 cm³/mol. The van der Waals surface area contributed by atoms with E-state index in [4.69, 9.17) is 9.26 Å². The number of para-hydroxylation sites is 1. The summed E-state index contributed by atoms with van der Waals surface area (Å²) in [7, 11) is 0. The molecule has 6 heteroatoms. The number of nitrogens with zero attached hydrogens (tertiary/aromatic N) is 3. The maximum absolute atomic E-state index is 13.0. The van der Waals surface area contributed by atoms with E-state index in [0.29, 0.717) is 23.3 Å². The third-order valence-electron chi connectivity index (χ3n) is 5.78. The number of carbonyl (C=O) groups excluding carboxylic acids is 1. The molecular formula is C24H25N3O3. The summed E-state index contributed by atoms with van der Waals surface area (Å²) in [5, 5.41) is 4.11. The van der Waals surface area contributed by atoms with Crippen molar-refractivity contribution in [1.29, 1.82) is 0 Å². The smallest absolute Gasteiger partial charge is 0.253 e. The number of rotatable bonds is 6. The van der Waals surface area contributed by atoms with Crippen molar-refractivity contribution < 1.29 is 14.1 Å². The number of carbonyl (C=O) groups is 1. The first-order chi connectivity index (χ1) is 14.7. The summed E-state index contributed by atoms with van der Waals surface area (Å²) in [6.07, 6.45) is 5.15. The van der Waals surface area contributed by atoms with Gasteiger partial charge in [-0.3, -0.25) is 4.79 Å². The molecule has 3 aromatic rings. The van der Waals surface area contributed by atoms with Crippen LogP contribution < -0.4 is 4.74 Å². The van der Waals surface area contributed by atoms with E-state index in [1.165, 1.54) is 12.8 Å². The van der Waals surface area contributed by atoms with Crippen LogP contribution in [-0.4, -0.2) is 34.0 Å². The molecule has 0 spiro atoms. The van der Waals surface area contributed by atoms with Gasteiger partial charge in [0.25, 0.3) is 5.91 Å². The molecule has 2 fully saturated rings. The molecule has 0 bridgehead atoms. The SMILES string of the molecule is O=C(c1ccc(Oc2ccccc2)cc1)N1CCCC(Cc2nc(C3CC3)no2)C1. The highest BCUT2D eigenvalue weighted by Gasteiger charge is 2.30. The molecule has 1 saturated heterocycles. The summed E-state index contributed by atoms with van der Waals surface area (Å²) in [6.45, 7) is 1.51. The van der Waals surface area contributed by atoms with Gasteiger partial charge < -0.3 is 14.2 Å². The van der Waals surface area contributed by atoms with Crippen molar-refractivity contribution >= 4 is 5.91 Å². The second-order valence-electron chi connectivity index (χ2n) is 8.22. The fourth-order valence-corrected chi connectivity index (χ4v) is 3.99. The first-order valence-corrected chi connectivity index (χ1v) is 10.7. The molecule has 1 unspecified atom stereocenters. The van der Waals surface area contributed by atoms with Crippen molar-refractivity contribution in [3.63, 3.8) is 0 Å². The molecule has 2 aliphatic rings. The number of amides is 1. The molecule has 6 nitrogen and oxygen atoms in total. The van der Waals surface area contributed by atoms with Crippen LogP contribution in [0, 0.1) is 5.92 Å². The molecule has 1 aliphatic heterocycles. The lowest BCUT2D eigenvalue weighted by Gasteiger charge is -2.32. The first-order valence-electron chi connectivity index (χ1n) is 10.7. The van der Waals surface area contributed by atoms with E-state index in [-0.39, 0.29) is 5.91 Å². The Hall–Kier alpha value is -3.15. The van der Waals surface area contributed by atoms with E-state index in [2.05, 4.69) is 10.1 Å². The molecule has 2 aromatic carbocycles. The molecule has 5 rings (SSSR count). The van der Waals surface area contributed by atoms with Crippen molar-refractivity contribution in [3.8, 4) is 11.5 Å². The van der Waals surface area contributed by atoms with Gasteiger partial charge in [0.2, 0.25) is 5.89 Å². The highest BCUT2D eigenvalue weighted by molar-refractivity contribution is 5.94. The lowest BCUT2D eigenvalue weighted by atomic mass is 9.94. The third kappa shape index (κ3) is 4.37. The molecule has 2 heterocycles. The zero-order chi connectivity index (χ0) is 20.3. The second-order valence-corrected chi connectivity index (χ2v) is 8.22. The largest absolute Gasteiger partial charge is 0.457 e. The van der Waals surface area contributed by atoms with E-state index in [9.17, 15) is 4.79 Å². The standard InChI is InChI=1S/C24H25N3O3/c28-24(19-10-12-21(13-11-19)29-20-6-2-1-3-7-20)27-14-4-5-17(16-27)15-22-25-23(26-30-22)18-8-9-18/h1-3,6-7,10-13,17-18H,4-5,8-9,14-16H2.